The zero-order chi connectivity index (χ0) is 33.7. The molecule has 1 atom stereocenters. The minimum absolute atomic E-state index is 0.00295. The average Bonchev–Trinajstić information content (AvgIpc) is 3.28. The summed E-state index contributed by atoms with van der Waals surface area (Å²) in [4.78, 5) is 75.3. The molecule has 2 aliphatic heterocycles. The Kier molecular flexibility index (Phi) is 9.40. The fourth-order valence-electron chi connectivity index (χ4n) is 4.84. The van der Waals surface area contributed by atoms with Crippen LogP contribution in [0.2, 0.25) is 0 Å². The molecule has 2 heterocycles. The zero-order valence-electron chi connectivity index (χ0n) is 25.9. The maximum absolute atomic E-state index is 13.2. The molecule has 3 aromatic rings. The second-order valence-electron chi connectivity index (χ2n) is 11.7. The molecule has 0 radical (unpaired) electrons. The Morgan fingerprint density at radius 3 is 2.21 bits per heavy atom. The first kappa shape index (κ1) is 32.5. The summed E-state index contributed by atoms with van der Waals surface area (Å²) in [6.45, 7) is 5.23. The van der Waals surface area contributed by atoms with Gasteiger partial charge in [-0.1, -0.05) is 18.2 Å². The van der Waals surface area contributed by atoms with E-state index in [9.17, 15) is 28.8 Å². The van der Waals surface area contributed by atoms with E-state index in [4.69, 9.17) is 9.47 Å². The molecule has 3 N–H and O–H groups in total. The molecular formula is C33H32N6O8. The Balaban J connectivity index is 1.12. The van der Waals surface area contributed by atoms with E-state index in [0.717, 1.165) is 10.5 Å². The van der Waals surface area contributed by atoms with Crippen molar-refractivity contribution in [2.75, 3.05) is 11.9 Å². The Morgan fingerprint density at radius 2 is 1.57 bits per heavy atom. The molecule has 1 saturated heterocycles. The number of piperidine rings is 1. The second-order valence-corrected chi connectivity index (χ2v) is 11.7. The number of hydrogen-bond donors (Lipinski definition) is 3. The number of rotatable bonds is 9. The van der Waals surface area contributed by atoms with Gasteiger partial charge >= 0.3 is 6.09 Å². The molecule has 1 unspecified atom stereocenters. The standard InChI is InChI=1S/C33H32N6O8/c1-33(2,3)47-32(45)34-17-19-7-9-21(10-8-19)37-38-22-13-11-20(12-14-22)35-27(41)18-46-25-6-4-5-23-28(25)31(44)39(30(23)43)24-15-16-26(40)36-29(24)42/h4-14,24H,15-18H2,1-3H3,(H,34,45)(H,35,41)(H,36,40,42). The van der Waals surface area contributed by atoms with Gasteiger partial charge in [-0.25, -0.2) is 4.79 Å². The van der Waals surface area contributed by atoms with Crippen molar-refractivity contribution in [2.45, 2.75) is 51.8 Å². The van der Waals surface area contributed by atoms with E-state index in [2.05, 4.69) is 26.2 Å². The number of ether oxygens (including phenoxy) is 2. The number of nitrogens with one attached hydrogen (secondary N) is 3. The molecule has 0 aliphatic carbocycles. The van der Waals surface area contributed by atoms with Crippen LogP contribution in [0, 0.1) is 0 Å². The third kappa shape index (κ3) is 8.03. The Hall–Kier alpha value is -5.92. The van der Waals surface area contributed by atoms with Crippen LogP contribution < -0.4 is 20.7 Å². The minimum Gasteiger partial charge on any atom is -0.483 e. The Morgan fingerprint density at radius 1 is 0.915 bits per heavy atom. The van der Waals surface area contributed by atoms with Gasteiger partial charge in [0.05, 0.1) is 22.5 Å². The zero-order valence-corrected chi connectivity index (χ0v) is 25.9. The van der Waals surface area contributed by atoms with Crippen LogP contribution in [-0.2, 0) is 25.7 Å². The highest BCUT2D eigenvalue weighted by Crippen LogP contribution is 2.33. The van der Waals surface area contributed by atoms with Gasteiger partial charge in [-0.2, -0.15) is 10.2 Å². The van der Waals surface area contributed by atoms with E-state index in [0.29, 0.717) is 23.6 Å². The maximum atomic E-state index is 13.2. The van der Waals surface area contributed by atoms with Crippen LogP contribution in [0.4, 0.5) is 21.9 Å². The van der Waals surface area contributed by atoms with Gasteiger partial charge in [0.15, 0.2) is 6.61 Å². The van der Waals surface area contributed by atoms with Gasteiger partial charge in [0.1, 0.15) is 17.4 Å². The lowest BCUT2D eigenvalue weighted by molar-refractivity contribution is -0.136. The number of nitrogens with zero attached hydrogens (tertiary/aromatic N) is 3. The van der Waals surface area contributed by atoms with Crippen molar-refractivity contribution >= 4 is 52.7 Å². The number of amides is 6. The summed E-state index contributed by atoms with van der Waals surface area (Å²) in [5.74, 6) is -3.08. The summed E-state index contributed by atoms with van der Waals surface area (Å²) in [6, 6.07) is 17.1. The van der Waals surface area contributed by atoms with Crippen LogP contribution in [-0.4, -0.2) is 58.8 Å². The predicted molar refractivity (Wildman–Crippen MR) is 167 cm³/mol. The molecule has 14 nitrogen and oxygen atoms in total. The second kappa shape index (κ2) is 13.6. The molecule has 47 heavy (non-hydrogen) atoms. The van der Waals surface area contributed by atoms with Crippen molar-refractivity contribution in [1.82, 2.24) is 15.5 Å². The molecule has 14 heteroatoms. The number of imide groups is 2. The van der Waals surface area contributed by atoms with Crippen molar-refractivity contribution in [3.8, 4) is 5.75 Å². The molecule has 2 aliphatic rings. The third-order valence-corrected chi connectivity index (χ3v) is 6.99. The number of hydrogen-bond acceptors (Lipinski definition) is 10. The van der Waals surface area contributed by atoms with Gasteiger partial charge in [-0.05, 0) is 81.3 Å². The van der Waals surface area contributed by atoms with Crippen LogP contribution in [0.15, 0.2) is 77.0 Å². The molecule has 0 saturated carbocycles. The average molecular weight is 641 g/mol. The van der Waals surface area contributed by atoms with E-state index < -0.39 is 53.9 Å². The van der Waals surface area contributed by atoms with E-state index in [1.165, 1.54) is 18.2 Å². The van der Waals surface area contributed by atoms with Crippen molar-refractivity contribution in [1.29, 1.82) is 0 Å². The lowest BCUT2D eigenvalue weighted by atomic mass is 10.0. The first-order chi connectivity index (χ1) is 22.4. The summed E-state index contributed by atoms with van der Waals surface area (Å²) in [7, 11) is 0. The highest BCUT2D eigenvalue weighted by Gasteiger charge is 2.46. The quantitative estimate of drug-likeness (QED) is 0.225. The van der Waals surface area contributed by atoms with E-state index in [1.807, 2.05) is 12.1 Å². The summed E-state index contributed by atoms with van der Waals surface area (Å²) in [5.41, 5.74) is 1.91. The molecule has 3 aromatic carbocycles. The van der Waals surface area contributed by atoms with Crippen molar-refractivity contribution in [3.05, 3.63) is 83.4 Å². The lowest BCUT2D eigenvalue weighted by Crippen LogP contribution is -2.54. The normalized spacial score (nSPS) is 16.1. The van der Waals surface area contributed by atoms with Gasteiger partial charge in [0, 0.05) is 18.7 Å². The fraction of sp³-hybridized carbons (Fsp3) is 0.273. The number of anilines is 1. The van der Waals surface area contributed by atoms with Crippen molar-refractivity contribution in [2.24, 2.45) is 10.2 Å². The molecule has 242 valence electrons. The highest BCUT2D eigenvalue weighted by atomic mass is 16.6. The van der Waals surface area contributed by atoms with Gasteiger partial charge in [0.25, 0.3) is 17.7 Å². The van der Waals surface area contributed by atoms with Gasteiger partial charge < -0.3 is 20.1 Å². The number of alkyl carbamates (subject to hydrolysis) is 1. The first-order valence-corrected chi connectivity index (χ1v) is 14.7. The molecular weight excluding hydrogens is 608 g/mol. The lowest BCUT2D eigenvalue weighted by Gasteiger charge is -2.27. The topological polar surface area (TPSA) is 185 Å². The Labute approximate surface area is 269 Å². The highest BCUT2D eigenvalue weighted by molar-refractivity contribution is 6.24. The van der Waals surface area contributed by atoms with Crippen molar-refractivity contribution < 1.29 is 38.2 Å². The largest absolute Gasteiger partial charge is 0.483 e. The van der Waals surface area contributed by atoms with E-state index in [-0.39, 0.29) is 29.7 Å². The van der Waals surface area contributed by atoms with E-state index in [1.54, 1.807) is 57.2 Å². The van der Waals surface area contributed by atoms with Gasteiger partial charge in [0.2, 0.25) is 11.8 Å². The molecule has 5 rings (SSSR count). The Bertz CT molecular complexity index is 1760. The summed E-state index contributed by atoms with van der Waals surface area (Å²) < 4.78 is 10.8. The van der Waals surface area contributed by atoms with Crippen molar-refractivity contribution in [3.63, 3.8) is 0 Å². The van der Waals surface area contributed by atoms with Gasteiger partial charge in [-0.15, -0.1) is 0 Å². The van der Waals surface area contributed by atoms with Crippen LogP contribution in [0.1, 0.15) is 59.9 Å². The van der Waals surface area contributed by atoms with Gasteiger partial charge in [-0.3, -0.25) is 34.2 Å². The van der Waals surface area contributed by atoms with Crippen LogP contribution in [0.5, 0.6) is 5.75 Å². The number of fused-ring (bicyclic) bond motifs is 1. The van der Waals surface area contributed by atoms with Crippen LogP contribution >= 0.6 is 0 Å². The minimum atomic E-state index is -1.11. The molecule has 6 amide bonds. The molecule has 0 spiro atoms. The summed E-state index contributed by atoms with van der Waals surface area (Å²) >= 11 is 0. The summed E-state index contributed by atoms with van der Waals surface area (Å²) in [6.07, 6.45) is -0.469. The van der Waals surface area contributed by atoms with Crippen LogP contribution in [0.25, 0.3) is 0 Å². The summed E-state index contributed by atoms with van der Waals surface area (Å²) in [5, 5.41) is 15.9. The number of carbonyl (C=O) groups excluding carboxylic acids is 6. The first-order valence-electron chi connectivity index (χ1n) is 14.7. The monoisotopic (exact) mass is 640 g/mol. The smallest absolute Gasteiger partial charge is 0.407 e. The molecule has 0 bridgehead atoms. The predicted octanol–water partition coefficient (Wildman–Crippen LogP) is 4.55. The number of benzene rings is 3. The number of carbonyl (C=O) groups is 6. The fourth-order valence-corrected chi connectivity index (χ4v) is 4.84. The molecule has 0 aromatic heterocycles. The van der Waals surface area contributed by atoms with Crippen LogP contribution in [0.3, 0.4) is 0 Å². The van der Waals surface area contributed by atoms with E-state index >= 15 is 0 Å². The third-order valence-electron chi connectivity index (χ3n) is 6.99. The SMILES string of the molecule is CC(C)(C)OC(=O)NCc1ccc(N=Nc2ccc(NC(=O)COc3cccc4c3C(=O)N(C3CCC(=O)NC3=O)C4=O)cc2)cc1. The number of azo groups is 1. The molecule has 1 fully saturated rings. The maximum Gasteiger partial charge on any atom is 0.407 e.